The van der Waals surface area contributed by atoms with Crippen molar-refractivity contribution >= 4 is 11.9 Å². The number of amides is 1. The lowest BCUT2D eigenvalue weighted by Gasteiger charge is -2.24. The Morgan fingerprint density at radius 3 is 2.33 bits per heavy atom. The highest BCUT2D eigenvalue weighted by Crippen LogP contribution is 2.13. The minimum absolute atomic E-state index is 0.192. The number of carbonyl (C=O) groups is 2. The molecule has 15 heavy (non-hydrogen) atoms. The molecule has 0 aromatic rings. The van der Waals surface area contributed by atoms with Crippen LogP contribution in [-0.4, -0.2) is 29.6 Å². The summed E-state index contributed by atoms with van der Waals surface area (Å²) in [5.41, 5.74) is 4.70. The van der Waals surface area contributed by atoms with Crippen LogP contribution in [0, 0.1) is 5.41 Å². The first-order valence-corrected chi connectivity index (χ1v) is 5.09. The Bertz CT molecular complexity index is 239. The normalized spacial score (nSPS) is 13.3. The largest absolute Gasteiger partial charge is 0.480 e. The van der Waals surface area contributed by atoms with Crippen LogP contribution in [0.2, 0.25) is 0 Å². The van der Waals surface area contributed by atoms with Crippen LogP contribution in [0.15, 0.2) is 0 Å². The third-order valence-corrected chi connectivity index (χ3v) is 2.31. The van der Waals surface area contributed by atoms with Gasteiger partial charge >= 0.3 is 5.97 Å². The number of carboxylic acids is 1. The second kappa shape index (κ2) is 5.70. The highest BCUT2D eigenvalue weighted by atomic mass is 16.4. The lowest BCUT2D eigenvalue weighted by molar-refractivity contribution is -0.143. The number of nitrogens with one attached hydrogen (secondary N) is 1. The molecule has 5 heteroatoms. The number of rotatable bonds is 6. The summed E-state index contributed by atoms with van der Waals surface area (Å²) in [5.74, 6) is -1.32. The smallest absolute Gasteiger partial charge is 0.326 e. The number of aliphatic carboxylic acids is 1. The molecule has 1 amide bonds. The van der Waals surface area contributed by atoms with Crippen molar-refractivity contribution in [2.45, 2.75) is 39.7 Å². The van der Waals surface area contributed by atoms with Crippen LogP contribution < -0.4 is 11.1 Å². The van der Waals surface area contributed by atoms with E-state index >= 15 is 0 Å². The van der Waals surface area contributed by atoms with E-state index in [1.165, 1.54) is 0 Å². The number of nitrogens with two attached hydrogens (primary N) is 1. The summed E-state index contributed by atoms with van der Waals surface area (Å²) in [5, 5.41) is 11.3. The van der Waals surface area contributed by atoms with E-state index in [4.69, 9.17) is 10.8 Å². The molecule has 0 aliphatic rings. The van der Waals surface area contributed by atoms with Gasteiger partial charge in [0.25, 0.3) is 0 Å². The van der Waals surface area contributed by atoms with Crippen molar-refractivity contribution in [3.63, 3.8) is 0 Å². The molecule has 0 saturated heterocycles. The third-order valence-electron chi connectivity index (χ3n) is 2.31. The van der Waals surface area contributed by atoms with Gasteiger partial charge in [0.2, 0.25) is 5.91 Å². The number of carboxylic acid groups (broad SMARTS) is 1. The molecule has 0 spiro atoms. The van der Waals surface area contributed by atoms with Crippen molar-refractivity contribution in [3.05, 3.63) is 0 Å². The van der Waals surface area contributed by atoms with Crippen molar-refractivity contribution in [2.24, 2.45) is 11.1 Å². The average molecular weight is 216 g/mol. The van der Waals surface area contributed by atoms with Crippen molar-refractivity contribution in [3.8, 4) is 0 Å². The molecule has 0 saturated carbocycles. The Morgan fingerprint density at radius 2 is 2.00 bits per heavy atom. The summed E-state index contributed by atoms with van der Waals surface area (Å²) in [6.07, 6.45) is 1.14. The third kappa shape index (κ3) is 4.29. The maximum atomic E-state index is 11.6. The molecule has 0 unspecified atom stereocenters. The van der Waals surface area contributed by atoms with Crippen LogP contribution in [0.25, 0.3) is 0 Å². The standard InChI is InChI=1S/C10H20N2O3/c1-4-5-7(8(13)14)12-9(15)10(2,3)6-11/h7H,4-6,11H2,1-3H3,(H,12,15)(H,13,14)/t7-/m1/s1. The molecule has 0 bridgehead atoms. The minimum atomic E-state index is -1.00. The minimum Gasteiger partial charge on any atom is -0.480 e. The molecule has 88 valence electrons. The fourth-order valence-electron chi connectivity index (χ4n) is 0.992. The molecule has 0 aromatic carbocycles. The molecule has 0 heterocycles. The topological polar surface area (TPSA) is 92.4 Å². The van der Waals surface area contributed by atoms with E-state index in [2.05, 4.69) is 5.32 Å². The van der Waals surface area contributed by atoms with Crippen LogP contribution >= 0.6 is 0 Å². The van der Waals surface area contributed by atoms with Crippen LogP contribution in [0.1, 0.15) is 33.6 Å². The zero-order valence-corrected chi connectivity index (χ0v) is 9.54. The number of hydrogen-bond donors (Lipinski definition) is 3. The molecule has 1 atom stereocenters. The molecule has 0 aliphatic carbocycles. The molecule has 0 aromatic heterocycles. The summed E-state index contributed by atoms with van der Waals surface area (Å²) in [7, 11) is 0. The molecule has 0 radical (unpaired) electrons. The number of hydrogen-bond acceptors (Lipinski definition) is 3. The van der Waals surface area contributed by atoms with Gasteiger partial charge in [-0.15, -0.1) is 0 Å². The molecular formula is C10H20N2O3. The second-order valence-electron chi connectivity index (χ2n) is 4.24. The van der Waals surface area contributed by atoms with Crippen LogP contribution in [0.5, 0.6) is 0 Å². The van der Waals surface area contributed by atoms with Crippen LogP contribution in [0.3, 0.4) is 0 Å². The van der Waals surface area contributed by atoms with Gasteiger partial charge in [-0.05, 0) is 20.3 Å². The Balaban J connectivity index is 4.41. The molecule has 0 fully saturated rings. The predicted octanol–water partition coefficient (Wildman–Crippen LogP) is 0.341. The Kier molecular flexibility index (Phi) is 5.28. The van der Waals surface area contributed by atoms with E-state index in [0.29, 0.717) is 12.8 Å². The summed E-state index contributed by atoms with van der Waals surface area (Å²) in [6.45, 7) is 5.44. The second-order valence-corrected chi connectivity index (χ2v) is 4.24. The Hall–Kier alpha value is -1.10. The van der Waals surface area contributed by atoms with Crippen molar-refractivity contribution in [1.29, 1.82) is 0 Å². The van der Waals surface area contributed by atoms with Gasteiger partial charge in [-0.1, -0.05) is 13.3 Å². The first-order chi connectivity index (χ1) is 6.85. The van der Waals surface area contributed by atoms with E-state index < -0.39 is 17.4 Å². The zero-order chi connectivity index (χ0) is 12.1. The molecule has 0 aliphatic heterocycles. The van der Waals surface area contributed by atoms with Gasteiger partial charge in [-0.3, -0.25) is 4.79 Å². The average Bonchev–Trinajstić information content (AvgIpc) is 2.16. The SMILES string of the molecule is CCC[C@@H](NC(=O)C(C)(C)CN)C(=O)O. The first-order valence-electron chi connectivity index (χ1n) is 5.09. The fraction of sp³-hybridized carbons (Fsp3) is 0.800. The maximum absolute atomic E-state index is 11.6. The van der Waals surface area contributed by atoms with E-state index in [1.807, 2.05) is 6.92 Å². The summed E-state index contributed by atoms with van der Waals surface area (Å²) >= 11 is 0. The predicted molar refractivity (Wildman–Crippen MR) is 57.3 cm³/mol. The number of carbonyl (C=O) groups excluding carboxylic acids is 1. The van der Waals surface area contributed by atoms with Gasteiger partial charge in [-0.25, -0.2) is 4.79 Å². The van der Waals surface area contributed by atoms with Gasteiger partial charge in [0, 0.05) is 6.54 Å². The Labute approximate surface area is 90.0 Å². The monoisotopic (exact) mass is 216 g/mol. The Morgan fingerprint density at radius 1 is 1.47 bits per heavy atom. The maximum Gasteiger partial charge on any atom is 0.326 e. The molecule has 5 nitrogen and oxygen atoms in total. The molecule has 0 rings (SSSR count). The van der Waals surface area contributed by atoms with E-state index in [1.54, 1.807) is 13.8 Å². The first kappa shape index (κ1) is 13.9. The summed E-state index contributed by atoms with van der Waals surface area (Å²) in [6, 6.07) is -0.812. The lowest BCUT2D eigenvalue weighted by Crippen LogP contribution is -2.48. The van der Waals surface area contributed by atoms with Gasteiger partial charge in [0.05, 0.1) is 5.41 Å². The highest BCUT2D eigenvalue weighted by molar-refractivity contribution is 5.87. The quantitative estimate of drug-likeness (QED) is 0.597. The van der Waals surface area contributed by atoms with Gasteiger partial charge in [0.1, 0.15) is 6.04 Å². The van der Waals surface area contributed by atoms with Gasteiger partial charge in [0.15, 0.2) is 0 Å². The fourth-order valence-corrected chi connectivity index (χ4v) is 0.992. The molecule has 4 N–H and O–H groups in total. The van der Waals surface area contributed by atoms with E-state index in [-0.39, 0.29) is 12.5 Å². The van der Waals surface area contributed by atoms with Gasteiger partial charge < -0.3 is 16.2 Å². The van der Waals surface area contributed by atoms with Crippen LogP contribution in [-0.2, 0) is 9.59 Å². The molecular weight excluding hydrogens is 196 g/mol. The lowest BCUT2D eigenvalue weighted by atomic mass is 9.92. The van der Waals surface area contributed by atoms with Crippen molar-refractivity contribution in [1.82, 2.24) is 5.32 Å². The van der Waals surface area contributed by atoms with Crippen molar-refractivity contribution < 1.29 is 14.7 Å². The highest BCUT2D eigenvalue weighted by Gasteiger charge is 2.29. The van der Waals surface area contributed by atoms with Crippen molar-refractivity contribution in [2.75, 3.05) is 6.54 Å². The van der Waals surface area contributed by atoms with Gasteiger partial charge in [-0.2, -0.15) is 0 Å². The summed E-state index contributed by atoms with van der Waals surface area (Å²) < 4.78 is 0. The van der Waals surface area contributed by atoms with E-state index in [9.17, 15) is 9.59 Å². The summed E-state index contributed by atoms with van der Waals surface area (Å²) in [4.78, 5) is 22.4. The van der Waals surface area contributed by atoms with Crippen LogP contribution in [0.4, 0.5) is 0 Å². The zero-order valence-electron chi connectivity index (χ0n) is 9.54. The van der Waals surface area contributed by atoms with E-state index in [0.717, 1.165) is 0 Å².